The molecule has 126 valence electrons. The Hall–Kier alpha value is -2.28. The summed E-state index contributed by atoms with van der Waals surface area (Å²) in [7, 11) is -1.14. The molecule has 0 aliphatic carbocycles. The second kappa shape index (κ2) is 7.74. The Labute approximate surface area is 149 Å². The Morgan fingerprint density at radius 2 is 1.28 bits per heavy atom. The molecule has 25 heavy (non-hydrogen) atoms. The fraction of sp³-hybridized carbons (Fsp3) is 0.136. The third-order valence-electron chi connectivity index (χ3n) is 4.22. The fourth-order valence-corrected chi connectivity index (χ4v) is 5.42. The van der Waals surface area contributed by atoms with Crippen LogP contribution in [0.3, 0.4) is 0 Å². The van der Waals surface area contributed by atoms with Gasteiger partial charge in [-0.15, -0.1) is 0 Å². The Balaban J connectivity index is 2.13. The first kappa shape index (κ1) is 17.5. The Bertz CT molecular complexity index is 811. The van der Waals surface area contributed by atoms with Crippen LogP contribution in [0.4, 0.5) is 0 Å². The molecule has 0 bridgehead atoms. The van der Waals surface area contributed by atoms with E-state index in [-0.39, 0.29) is 12.1 Å². The lowest BCUT2D eigenvalue weighted by molar-refractivity contribution is 0.108. The molecule has 0 amide bonds. The van der Waals surface area contributed by atoms with Gasteiger partial charge in [-0.25, -0.2) is 0 Å². The van der Waals surface area contributed by atoms with Crippen LogP contribution >= 0.6 is 7.92 Å². The largest absolute Gasteiger partial charge is 0.392 e. The van der Waals surface area contributed by atoms with E-state index in [2.05, 4.69) is 0 Å². The molecule has 0 atom stereocenters. The summed E-state index contributed by atoms with van der Waals surface area (Å²) in [4.78, 5) is 13.6. The van der Waals surface area contributed by atoms with Crippen molar-refractivity contribution in [3.8, 4) is 0 Å². The average molecular weight is 348 g/mol. The minimum atomic E-state index is -1.14. The Morgan fingerprint density at radius 1 is 0.840 bits per heavy atom. The normalized spacial score (nSPS) is 10.9. The number of hydrogen-bond acceptors (Lipinski definition) is 2. The quantitative estimate of drug-likeness (QED) is 0.706. The molecule has 2 nitrogen and oxygen atoms in total. The van der Waals surface area contributed by atoms with Gasteiger partial charge in [0, 0.05) is 13.5 Å². The second-order valence-electron chi connectivity index (χ2n) is 6.07. The minimum Gasteiger partial charge on any atom is -0.392 e. The van der Waals surface area contributed by atoms with E-state index in [1.165, 1.54) is 0 Å². The van der Waals surface area contributed by atoms with E-state index < -0.39 is 7.92 Å². The number of carbonyl (C=O) groups is 1. The van der Waals surface area contributed by atoms with Crippen LogP contribution in [-0.2, 0) is 6.61 Å². The van der Waals surface area contributed by atoms with Gasteiger partial charge in [-0.2, -0.15) is 0 Å². The monoisotopic (exact) mass is 348 g/mol. The van der Waals surface area contributed by atoms with E-state index in [1.807, 2.05) is 86.6 Å². The maximum atomic E-state index is 13.6. The van der Waals surface area contributed by atoms with Crippen LogP contribution in [0, 0.1) is 13.8 Å². The summed E-state index contributed by atoms with van der Waals surface area (Å²) in [6, 6.07) is 23.8. The van der Waals surface area contributed by atoms with E-state index in [4.69, 9.17) is 0 Å². The first-order valence-electron chi connectivity index (χ1n) is 8.27. The maximum absolute atomic E-state index is 13.6. The third kappa shape index (κ3) is 3.71. The molecule has 1 N–H and O–H groups in total. The number of aliphatic hydroxyl groups is 1. The van der Waals surface area contributed by atoms with Gasteiger partial charge in [0.1, 0.15) is 0 Å². The molecule has 3 aromatic carbocycles. The molecule has 0 aliphatic rings. The maximum Gasteiger partial charge on any atom is 0.193 e. The summed E-state index contributed by atoms with van der Waals surface area (Å²) in [6.07, 6.45) is 0. The molecular formula is C22H21O2P. The highest BCUT2D eigenvalue weighted by atomic mass is 31.1. The van der Waals surface area contributed by atoms with Gasteiger partial charge in [0.15, 0.2) is 5.52 Å². The molecule has 0 aliphatic heterocycles. The van der Waals surface area contributed by atoms with Gasteiger partial charge < -0.3 is 5.11 Å². The van der Waals surface area contributed by atoms with Crippen LogP contribution in [0.25, 0.3) is 0 Å². The van der Waals surface area contributed by atoms with Crippen LogP contribution in [0.15, 0.2) is 72.8 Å². The number of rotatable bonds is 5. The number of benzene rings is 3. The topological polar surface area (TPSA) is 37.3 Å². The molecular weight excluding hydrogens is 327 g/mol. The number of hydrogen-bond donors (Lipinski definition) is 1. The molecule has 0 fully saturated rings. The van der Waals surface area contributed by atoms with Crippen molar-refractivity contribution in [1.29, 1.82) is 0 Å². The second-order valence-corrected chi connectivity index (χ2v) is 8.18. The molecule has 0 radical (unpaired) electrons. The fourth-order valence-electron chi connectivity index (χ4n) is 3.13. The molecule has 0 saturated heterocycles. The van der Waals surface area contributed by atoms with Crippen molar-refractivity contribution in [2.75, 3.05) is 0 Å². The molecule has 3 heteroatoms. The van der Waals surface area contributed by atoms with Gasteiger partial charge in [-0.05, 0) is 41.1 Å². The van der Waals surface area contributed by atoms with E-state index >= 15 is 0 Å². The molecule has 0 heterocycles. The van der Waals surface area contributed by atoms with Crippen molar-refractivity contribution >= 4 is 24.1 Å². The third-order valence-corrected chi connectivity index (χ3v) is 6.48. The summed E-state index contributed by atoms with van der Waals surface area (Å²) in [5, 5.41) is 11.5. The number of aryl methyl sites for hydroxylation is 2. The average Bonchev–Trinajstić information content (AvgIpc) is 2.63. The van der Waals surface area contributed by atoms with Crippen molar-refractivity contribution in [1.82, 2.24) is 0 Å². The summed E-state index contributed by atoms with van der Waals surface area (Å²) < 4.78 is 0. The number of carbonyl (C=O) groups excluding carboxylic acids is 1. The predicted molar refractivity (Wildman–Crippen MR) is 105 cm³/mol. The van der Waals surface area contributed by atoms with Gasteiger partial charge in [-0.1, -0.05) is 72.8 Å². The van der Waals surface area contributed by atoms with E-state index in [0.29, 0.717) is 0 Å². The van der Waals surface area contributed by atoms with Crippen molar-refractivity contribution in [2.45, 2.75) is 20.5 Å². The highest BCUT2D eigenvalue weighted by Gasteiger charge is 2.26. The smallest absolute Gasteiger partial charge is 0.193 e. The van der Waals surface area contributed by atoms with Gasteiger partial charge >= 0.3 is 0 Å². The van der Waals surface area contributed by atoms with Crippen molar-refractivity contribution in [2.24, 2.45) is 0 Å². The summed E-state index contributed by atoms with van der Waals surface area (Å²) in [5.74, 6) is 0. The lowest BCUT2D eigenvalue weighted by atomic mass is 10.0. The van der Waals surface area contributed by atoms with Crippen LogP contribution in [0.5, 0.6) is 0 Å². The van der Waals surface area contributed by atoms with E-state index in [0.717, 1.165) is 32.9 Å². The zero-order valence-electron chi connectivity index (χ0n) is 14.4. The lowest BCUT2D eigenvalue weighted by Crippen LogP contribution is -2.19. The van der Waals surface area contributed by atoms with Crippen molar-refractivity contribution in [3.05, 3.63) is 95.1 Å². The standard InChI is InChI=1S/C22H21O2P/c1-16-13-18(15-23)14-17(2)21(16)22(24)25(19-9-5-3-6-10-19)20-11-7-4-8-12-20/h3-14,23H,15H2,1-2H3. The molecule has 0 spiro atoms. The lowest BCUT2D eigenvalue weighted by Gasteiger charge is -2.20. The van der Waals surface area contributed by atoms with Gasteiger partial charge in [0.2, 0.25) is 0 Å². The predicted octanol–water partition coefficient (Wildman–Crippen LogP) is 4.07. The first-order valence-corrected chi connectivity index (χ1v) is 9.61. The van der Waals surface area contributed by atoms with Gasteiger partial charge in [0.05, 0.1) is 6.61 Å². The van der Waals surface area contributed by atoms with E-state index in [9.17, 15) is 9.90 Å². The zero-order valence-corrected chi connectivity index (χ0v) is 15.3. The van der Waals surface area contributed by atoms with Crippen molar-refractivity contribution in [3.63, 3.8) is 0 Å². The number of aliphatic hydroxyl groups excluding tert-OH is 1. The van der Waals surface area contributed by atoms with E-state index in [1.54, 1.807) is 0 Å². The molecule has 3 aromatic rings. The van der Waals surface area contributed by atoms with Crippen LogP contribution in [0.2, 0.25) is 0 Å². The Kier molecular flexibility index (Phi) is 5.43. The van der Waals surface area contributed by atoms with Crippen LogP contribution in [0.1, 0.15) is 27.0 Å². The van der Waals surface area contributed by atoms with Crippen LogP contribution in [-0.4, -0.2) is 10.6 Å². The summed E-state index contributed by atoms with van der Waals surface area (Å²) >= 11 is 0. The SMILES string of the molecule is Cc1cc(CO)cc(C)c1C(=O)P(c1ccccc1)c1ccccc1. The Morgan fingerprint density at radius 3 is 1.68 bits per heavy atom. The molecule has 0 aromatic heterocycles. The highest BCUT2D eigenvalue weighted by Crippen LogP contribution is 2.39. The molecule has 0 saturated carbocycles. The van der Waals surface area contributed by atoms with Crippen molar-refractivity contribution < 1.29 is 9.90 Å². The zero-order chi connectivity index (χ0) is 17.8. The first-order chi connectivity index (χ1) is 12.1. The summed E-state index contributed by atoms with van der Waals surface area (Å²) in [5.41, 5.74) is 3.63. The van der Waals surface area contributed by atoms with Gasteiger partial charge in [-0.3, -0.25) is 4.79 Å². The summed E-state index contributed by atoms with van der Waals surface area (Å²) in [6.45, 7) is 3.88. The van der Waals surface area contributed by atoms with Crippen LogP contribution < -0.4 is 10.6 Å². The highest BCUT2D eigenvalue weighted by molar-refractivity contribution is 7.88. The van der Waals surface area contributed by atoms with Gasteiger partial charge in [0.25, 0.3) is 0 Å². The minimum absolute atomic E-state index is 0.0116. The molecule has 3 rings (SSSR count). The molecule has 0 unspecified atom stereocenters.